The smallest absolute Gasteiger partial charge is 0.270 e. The van der Waals surface area contributed by atoms with E-state index >= 15 is 0 Å². The van der Waals surface area contributed by atoms with Gasteiger partial charge in [-0.15, -0.1) is 11.8 Å². The van der Waals surface area contributed by atoms with Crippen LogP contribution in [0.4, 0.5) is 11.4 Å². The minimum Gasteiger partial charge on any atom is -0.378 e. The van der Waals surface area contributed by atoms with Crippen LogP contribution in [0, 0.1) is 10.1 Å². The zero-order valence-electron chi connectivity index (χ0n) is 15.4. The van der Waals surface area contributed by atoms with Crippen molar-refractivity contribution in [1.29, 1.82) is 0 Å². The van der Waals surface area contributed by atoms with Gasteiger partial charge in [-0.05, 0) is 30.3 Å². The first-order valence-corrected chi connectivity index (χ1v) is 10.2. The first kappa shape index (κ1) is 21.1. The van der Waals surface area contributed by atoms with Crippen molar-refractivity contribution in [3.63, 3.8) is 0 Å². The van der Waals surface area contributed by atoms with E-state index in [0.717, 1.165) is 10.6 Å². The van der Waals surface area contributed by atoms with Crippen LogP contribution in [-0.2, 0) is 9.53 Å². The summed E-state index contributed by atoms with van der Waals surface area (Å²) in [5.74, 6) is -0.0934. The van der Waals surface area contributed by atoms with Gasteiger partial charge in [-0.1, -0.05) is 11.6 Å². The Hall–Kier alpha value is -2.62. The molecule has 1 saturated heterocycles. The van der Waals surface area contributed by atoms with E-state index < -0.39 is 4.92 Å². The Kier molecular flexibility index (Phi) is 7.45. The number of nitrogens with one attached hydrogen (secondary N) is 1. The Morgan fingerprint density at radius 3 is 2.69 bits per heavy atom. The molecule has 10 heteroatoms. The van der Waals surface area contributed by atoms with E-state index in [1.165, 1.54) is 30.1 Å². The fourth-order valence-corrected chi connectivity index (χ4v) is 3.55. The Morgan fingerprint density at radius 2 is 2.00 bits per heavy atom. The minimum atomic E-state index is -0.457. The number of halogens is 1. The first-order valence-electron chi connectivity index (χ1n) is 8.84. The van der Waals surface area contributed by atoms with E-state index in [1.54, 1.807) is 18.2 Å². The van der Waals surface area contributed by atoms with Gasteiger partial charge in [0.1, 0.15) is 0 Å². The number of carbonyl (C=O) groups excluding carboxylic acids is 1. The largest absolute Gasteiger partial charge is 0.378 e. The van der Waals surface area contributed by atoms with Gasteiger partial charge in [-0.2, -0.15) is 5.10 Å². The van der Waals surface area contributed by atoms with E-state index in [4.69, 9.17) is 16.3 Å². The molecule has 1 amide bonds. The predicted molar refractivity (Wildman–Crippen MR) is 114 cm³/mol. The number of anilines is 1. The SMILES string of the molecule is O=C(CSc1ccc(Cl)cc1)N/N=C\c1cc([N+](=O)[O-])ccc1N1CCOCC1. The molecule has 8 nitrogen and oxygen atoms in total. The summed E-state index contributed by atoms with van der Waals surface area (Å²) in [6, 6.07) is 11.8. The van der Waals surface area contributed by atoms with E-state index in [9.17, 15) is 14.9 Å². The molecule has 2 aromatic carbocycles. The summed E-state index contributed by atoms with van der Waals surface area (Å²) in [7, 11) is 0. The van der Waals surface area contributed by atoms with Crippen molar-refractivity contribution in [3.05, 3.63) is 63.2 Å². The Labute approximate surface area is 177 Å². The number of nitro benzene ring substituents is 1. The number of nitrogens with zero attached hydrogens (tertiary/aromatic N) is 3. The van der Waals surface area contributed by atoms with Gasteiger partial charge in [0.15, 0.2) is 0 Å². The molecule has 0 atom stereocenters. The number of morpholine rings is 1. The number of nitro groups is 1. The lowest BCUT2D eigenvalue weighted by Gasteiger charge is -2.29. The van der Waals surface area contributed by atoms with Gasteiger partial charge >= 0.3 is 0 Å². The van der Waals surface area contributed by atoms with Crippen LogP contribution in [0.5, 0.6) is 0 Å². The van der Waals surface area contributed by atoms with Crippen LogP contribution in [0.1, 0.15) is 5.56 Å². The number of rotatable bonds is 7. The molecular formula is C19H19ClN4O4S. The zero-order chi connectivity index (χ0) is 20.6. The third kappa shape index (κ3) is 6.18. The van der Waals surface area contributed by atoms with Gasteiger partial charge in [0.05, 0.1) is 30.1 Å². The average Bonchev–Trinajstić information content (AvgIpc) is 2.74. The van der Waals surface area contributed by atoms with Crippen LogP contribution in [0.15, 0.2) is 52.5 Å². The van der Waals surface area contributed by atoms with E-state index in [2.05, 4.69) is 15.4 Å². The van der Waals surface area contributed by atoms with E-state index in [0.29, 0.717) is 36.9 Å². The second-order valence-corrected chi connectivity index (χ2v) is 7.62. The molecule has 0 spiro atoms. The number of carbonyl (C=O) groups is 1. The number of hydrazone groups is 1. The molecule has 1 heterocycles. The summed E-state index contributed by atoms with van der Waals surface area (Å²) >= 11 is 7.20. The molecule has 152 valence electrons. The van der Waals surface area contributed by atoms with Crippen molar-refractivity contribution in [2.24, 2.45) is 5.10 Å². The summed E-state index contributed by atoms with van der Waals surface area (Å²) in [6.45, 7) is 2.55. The summed E-state index contributed by atoms with van der Waals surface area (Å²) in [4.78, 5) is 25.7. The molecule has 3 rings (SSSR count). The average molecular weight is 435 g/mol. The maximum absolute atomic E-state index is 12.0. The fourth-order valence-electron chi connectivity index (χ4n) is 2.74. The number of hydrogen-bond donors (Lipinski definition) is 1. The molecule has 0 saturated carbocycles. The number of amides is 1. The van der Waals surface area contributed by atoms with Crippen molar-refractivity contribution >= 4 is 46.9 Å². The number of hydrogen-bond acceptors (Lipinski definition) is 7. The lowest BCUT2D eigenvalue weighted by Crippen LogP contribution is -2.36. The zero-order valence-corrected chi connectivity index (χ0v) is 17.0. The van der Waals surface area contributed by atoms with E-state index in [-0.39, 0.29) is 17.3 Å². The van der Waals surface area contributed by atoms with Crippen molar-refractivity contribution in [3.8, 4) is 0 Å². The first-order chi connectivity index (χ1) is 14.0. The topological polar surface area (TPSA) is 97.1 Å². The van der Waals surface area contributed by atoms with E-state index in [1.807, 2.05) is 12.1 Å². The van der Waals surface area contributed by atoms with Crippen molar-refractivity contribution in [1.82, 2.24) is 5.43 Å². The van der Waals surface area contributed by atoms with Gasteiger partial charge in [0.2, 0.25) is 5.91 Å². The Bertz CT molecular complexity index is 902. The van der Waals surface area contributed by atoms with Crippen LogP contribution in [0.3, 0.4) is 0 Å². The summed E-state index contributed by atoms with van der Waals surface area (Å²) in [5, 5.41) is 15.7. The standard InChI is InChI=1S/C19H19ClN4O4S/c20-15-1-4-17(5-2-15)29-13-19(25)22-21-12-14-11-16(24(26)27)3-6-18(14)23-7-9-28-10-8-23/h1-6,11-12H,7-10,13H2,(H,22,25)/b21-12-. The van der Waals surface area contributed by atoms with Crippen molar-refractivity contribution in [2.45, 2.75) is 4.90 Å². The van der Waals surface area contributed by atoms with Gasteiger partial charge in [-0.3, -0.25) is 14.9 Å². The van der Waals surface area contributed by atoms with Crippen LogP contribution in [-0.4, -0.2) is 49.1 Å². The monoisotopic (exact) mass is 434 g/mol. The lowest BCUT2D eigenvalue weighted by atomic mass is 10.1. The number of non-ortho nitro benzene ring substituents is 1. The van der Waals surface area contributed by atoms with Gasteiger partial charge in [0, 0.05) is 46.4 Å². The molecule has 0 unspecified atom stereocenters. The van der Waals surface area contributed by atoms with Gasteiger partial charge in [-0.25, -0.2) is 5.43 Å². The summed E-state index contributed by atoms with van der Waals surface area (Å²) in [6.07, 6.45) is 1.43. The molecule has 2 aromatic rings. The number of thioether (sulfide) groups is 1. The second kappa shape index (κ2) is 10.2. The second-order valence-electron chi connectivity index (χ2n) is 6.14. The molecule has 0 aromatic heterocycles. The molecule has 1 aliphatic rings. The van der Waals surface area contributed by atoms with Crippen molar-refractivity contribution in [2.75, 3.05) is 37.0 Å². The van der Waals surface area contributed by atoms with Crippen LogP contribution < -0.4 is 10.3 Å². The minimum absolute atomic E-state index is 0.0342. The molecule has 29 heavy (non-hydrogen) atoms. The molecule has 0 bridgehead atoms. The Morgan fingerprint density at radius 1 is 1.28 bits per heavy atom. The maximum atomic E-state index is 12.0. The number of benzene rings is 2. The summed E-state index contributed by atoms with van der Waals surface area (Å²) in [5.41, 5.74) is 3.80. The lowest BCUT2D eigenvalue weighted by molar-refractivity contribution is -0.384. The molecule has 0 aliphatic carbocycles. The van der Waals surface area contributed by atoms with Crippen LogP contribution in [0.2, 0.25) is 5.02 Å². The predicted octanol–water partition coefficient (Wildman–Crippen LogP) is 3.33. The number of ether oxygens (including phenoxy) is 1. The highest BCUT2D eigenvalue weighted by molar-refractivity contribution is 8.00. The molecular weight excluding hydrogens is 416 g/mol. The normalized spacial score (nSPS) is 14.2. The Balaban J connectivity index is 1.64. The van der Waals surface area contributed by atoms with Gasteiger partial charge < -0.3 is 9.64 Å². The highest BCUT2D eigenvalue weighted by Gasteiger charge is 2.17. The maximum Gasteiger partial charge on any atom is 0.270 e. The third-order valence-corrected chi connectivity index (χ3v) is 5.41. The fraction of sp³-hybridized carbons (Fsp3) is 0.263. The molecule has 1 N–H and O–H groups in total. The third-order valence-electron chi connectivity index (χ3n) is 4.15. The highest BCUT2D eigenvalue weighted by atomic mass is 35.5. The van der Waals surface area contributed by atoms with Crippen LogP contribution >= 0.6 is 23.4 Å². The van der Waals surface area contributed by atoms with Gasteiger partial charge in [0.25, 0.3) is 5.69 Å². The highest BCUT2D eigenvalue weighted by Crippen LogP contribution is 2.25. The summed E-state index contributed by atoms with van der Waals surface area (Å²) < 4.78 is 5.36. The van der Waals surface area contributed by atoms with Crippen molar-refractivity contribution < 1.29 is 14.5 Å². The molecule has 1 aliphatic heterocycles. The quantitative estimate of drug-likeness (QED) is 0.311. The van der Waals surface area contributed by atoms with Crippen LogP contribution in [0.25, 0.3) is 0 Å². The molecule has 0 radical (unpaired) electrons. The molecule has 1 fully saturated rings.